The first-order chi connectivity index (χ1) is 11.2. The minimum Gasteiger partial charge on any atom is -0.426 e. The number of likely N-dealkylation sites (tertiary alicyclic amines) is 2. The Morgan fingerprint density at radius 2 is 1.83 bits per heavy atom. The first-order valence-electron chi connectivity index (χ1n) is 8.88. The second-order valence-electron chi connectivity index (χ2n) is 7.93. The lowest BCUT2D eigenvalue weighted by molar-refractivity contribution is -0.140. The van der Waals surface area contributed by atoms with Crippen LogP contribution in [0.2, 0.25) is 0 Å². The molecule has 0 aromatic carbocycles. The molecule has 0 aromatic rings. The van der Waals surface area contributed by atoms with E-state index >= 15 is 0 Å². The molecule has 136 valence electrons. The van der Waals surface area contributed by atoms with Gasteiger partial charge in [0.15, 0.2) is 0 Å². The maximum Gasteiger partial charge on any atom is 0.475 e. The fourth-order valence-electron chi connectivity index (χ4n) is 3.55. The maximum atomic E-state index is 12.4. The number of rotatable bonds is 4. The van der Waals surface area contributed by atoms with Crippen molar-refractivity contribution in [3.05, 3.63) is 0 Å². The van der Waals surface area contributed by atoms with E-state index in [0.717, 1.165) is 25.8 Å². The Kier molecular flexibility index (Phi) is 6.28. The summed E-state index contributed by atoms with van der Waals surface area (Å²) in [6.07, 6.45) is 3.29. The summed E-state index contributed by atoms with van der Waals surface area (Å²) in [4.78, 5) is 28.2. The third kappa shape index (κ3) is 4.71. The molecule has 0 radical (unpaired) electrons. The first-order valence-corrected chi connectivity index (χ1v) is 8.88. The van der Waals surface area contributed by atoms with Gasteiger partial charge in [0.2, 0.25) is 11.8 Å². The van der Waals surface area contributed by atoms with Crippen molar-refractivity contribution in [2.45, 2.75) is 58.4 Å². The standard InChI is InChI=1S/C16H30BN3O4/c1-16(2,3)15(22)19-8-4-6-12(11-19)18-10-14(21)20-9-5-7-13(20)17(23)24/h12-13,18,23-24H,4-11H2,1-3H3/t12-,13-/m0/s1. The fraction of sp³-hybridized carbons (Fsp3) is 0.875. The van der Waals surface area contributed by atoms with Crippen LogP contribution in [0.5, 0.6) is 0 Å². The normalized spacial score (nSPS) is 25.0. The topological polar surface area (TPSA) is 93.1 Å². The Morgan fingerprint density at radius 3 is 2.46 bits per heavy atom. The van der Waals surface area contributed by atoms with E-state index in [0.29, 0.717) is 19.5 Å². The highest BCUT2D eigenvalue weighted by Gasteiger charge is 2.37. The van der Waals surface area contributed by atoms with E-state index in [4.69, 9.17) is 0 Å². The number of hydrogen-bond donors (Lipinski definition) is 3. The summed E-state index contributed by atoms with van der Waals surface area (Å²) >= 11 is 0. The van der Waals surface area contributed by atoms with Crippen molar-refractivity contribution in [1.82, 2.24) is 15.1 Å². The Hall–Kier alpha value is -1.12. The molecular weight excluding hydrogens is 309 g/mol. The molecule has 7 nitrogen and oxygen atoms in total. The van der Waals surface area contributed by atoms with E-state index in [-0.39, 0.29) is 24.4 Å². The summed E-state index contributed by atoms with van der Waals surface area (Å²) in [5, 5.41) is 22.0. The monoisotopic (exact) mass is 339 g/mol. The van der Waals surface area contributed by atoms with E-state index in [2.05, 4.69) is 5.32 Å². The first kappa shape index (κ1) is 19.2. The van der Waals surface area contributed by atoms with Gasteiger partial charge in [-0.3, -0.25) is 9.59 Å². The zero-order valence-electron chi connectivity index (χ0n) is 15.0. The van der Waals surface area contributed by atoms with E-state index in [1.807, 2.05) is 25.7 Å². The summed E-state index contributed by atoms with van der Waals surface area (Å²) in [6, 6.07) is 0.106. The molecule has 2 aliphatic heterocycles. The Balaban J connectivity index is 1.83. The van der Waals surface area contributed by atoms with Crippen molar-refractivity contribution >= 4 is 18.9 Å². The largest absolute Gasteiger partial charge is 0.475 e. The average molecular weight is 339 g/mol. The number of piperidine rings is 1. The van der Waals surface area contributed by atoms with E-state index in [1.165, 1.54) is 0 Å². The molecule has 2 rings (SSSR count). The van der Waals surface area contributed by atoms with Crippen molar-refractivity contribution in [2.75, 3.05) is 26.2 Å². The number of nitrogens with one attached hydrogen (secondary N) is 1. The van der Waals surface area contributed by atoms with Crippen LogP contribution in [-0.4, -0.2) is 76.9 Å². The molecule has 3 N–H and O–H groups in total. The lowest BCUT2D eigenvalue weighted by Crippen LogP contribution is -2.53. The molecular formula is C16H30BN3O4. The summed E-state index contributed by atoms with van der Waals surface area (Å²) in [5.41, 5.74) is -0.391. The summed E-state index contributed by atoms with van der Waals surface area (Å²) in [7, 11) is -1.48. The third-order valence-corrected chi connectivity index (χ3v) is 4.86. The Morgan fingerprint density at radius 1 is 1.17 bits per heavy atom. The number of carbonyl (C=O) groups is 2. The maximum absolute atomic E-state index is 12.4. The lowest BCUT2D eigenvalue weighted by Gasteiger charge is -2.37. The zero-order chi connectivity index (χ0) is 17.9. The third-order valence-electron chi connectivity index (χ3n) is 4.86. The highest BCUT2D eigenvalue weighted by Crippen LogP contribution is 2.21. The van der Waals surface area contributed by atoms with Gasteiger partial charge in [-0.2, -0.15) is 0 Å². The second kappa shape index (κ2) is 7.84. The SMILES string of the molecule is CC(C)(C)C(=O)N1CCC[C@H](NCC(=O)N2CCC[C@H]2B(O)O)C1. The van der Waals surface area contributed by atoms with Gasteiger partial charge >= 0.3 is 7.12 Å². The van der Waals surface area contributed by atoms with Crippen LogP contribution in [0.25, 0.3) is 0 Å². The molecule has 2 aliphatic rings. The van der Waals surface area contributed by atoms with Crippen LogP contribution in [0, 0.1) is 5.41 Å². The molecule has 0 bridgehead atoms. The van der Waals surface area contributed by atoms with Crippen LogP contribution in [-0.2, 0) is 9.59 Å². The summed E-state index contributed by atoms with van der Waals surface area (Å²) < 4.78 is 0. The molecule has 2 fully saturated rings. The molecule has 0 saturated carbocycles. The van der Waals surface area contributed by atoms with Gasteiger partial charge in [-0.1, -0.05) is 20.8 Å². The smallest absolute Gasteiger partial charge is 0.426 e. The summed E-state index contributed by atoms with van der Waals surface area (Å²) in [5.74, 6) is -0.460. The molecule has 2 atom stereocenters. The van der Waals surface area contributed by atoms with Gasteiger partial charge in [0.25, 0.3) is 0 Å². The van der Waals surface area contributed by atoms with Crippen molar-refractivity contribution in [2.24, 2.45) is 5.41 Å². The van der Waals surface area contributed by atoms with E-state index in [9.17, 15) is 19.6 Å². The molecule has 0 spiro atoms. The molecule has 2 saturated heterocycles. The van der Waals surface area contributed by atoms with Crippen LogP contribution in [0.4, 0.5) is 0 Å². The van der Waals surface area contributed by atoms with E-state index < -0.39 is 18.5 Å². The molecule has 8 heteroatoms. The van der Waals surface area contributed by atoms with Gasteiger partial charge in [0, 0.05) is 31.1 Å². The number of hydrogen-bond acceptors (Lipinski definition) is 5. The minimum absolute atomic E-state index is 0.106. The quantitative estimate of drug-likeness (QED) is 0.607. The predicted octanol–water partition coefficient (Wildman–Crippen LogP) is -0.384. The molecule has 24 heavy (non-hydrogen) atoms. The van der Waals surface area contributed by atoms with Crippen molar-refractivity contribution in [1.29, 1.82) is 0 Å². The molecule has 0 aromatic heterocycles. The molecule has 2 amide bonds. The molecule has 0 unspecified atom stereocenters. The van der Waals surface area contributed by atoms with Crippen LogP contribution in [0.15, 0.2) is 0 Å². The predicted molar refractivity (Wildman–Crippen MR) is 92.0 cm³/mol. The minimum atomic E-state index is -1.48. The Bertz CT molecular complexity index is 467. The van der Waals surface area contributed by atoms with Crippen LogP contribution in [0.1, 0.15) is 46.5 Å². The van der Waals surface area contributed by atoms with Gasteiger partial charge in [-0.05, 0) is 25.7 Å². The zero-order valence-corrected chi connectivity index (χ0v) is 15.0. The van der Waals surface area contributed by atoms with Crippen LogP contribution < -0.4 is 5.32 Å². The van der Waals surface area contributed by atoms with E-state index in [1.54, 1.807) is 4.90 Å². The van der Waals surface area contributed by atoms with Crippen LogP contribution >= 0.6 is 0 Å². The number of amides is 2. The average Bonchev–Trinajstić information content (AvgIpc) is 3.01. The van der Waals surface area contributed by atoms with Gasteiger partial charge in [0.1, 0.15) is 0 Å². The molecule has 0 aliphatic carbocycles. The second-order valence-corrected chi connectivity index (χ2v) is 7.93. The van der Waals surface area contributed by atoms with Crippen LogP contribution in [0.3, 0.4) is 0 Å². The Labute approximate surface area is 144 Å². The summed E-state index contributed by atoms with van der Waals surface area (Å²) in [6.45, 7) is 7.90. The fourth-order valence-corrected chi connectivity index (χ4v) is 3.55. The lowest BCUT2D eigenvalue weighted by atomic mass is 9.78. The van der Waals surface area contributed by atoms with Gasteiger partial charge in [-0.25, -0.2) is 0 Å². The van der Waals surface area contributed by atoms with Gasteiger partial charge in [-0.15, -0.1) is 0 Å². The van der Waals surface area contributed by atoms with Crippen molar-refractivity contribution in [3.63, 3.8) is 0 Å². The highest BCUT2D eigenvalue weighted by atomic mass is 16.4. The number of nitrogens with zero attached hydrogens (tertiary/aromatic N) is 2. The van der Waals surface area contributed by atoms with Crippen molar-refractivity contribution < 1.29 is 19.6 Å². The highest BCUT2D eigenvalue weighted by molar-refractivity contribution is 6.43. The van der Waals surface area contributed by atoms with Crippen molar-refractivity contribution in [3.8, 4) is 0 Å². The van der Waals surface area contributed by atoms with Gasteiger partial charge < -0.3 is 25.2 Å². The number of carbonyl (C=O) groups excluding carboxylic acids is 2. The van der Waals surface area contributed by atoms with Gasteiger partial charge in [0.05, 0.1) is 12.5 Å². The molecule has 2 heterocycles.